The van der Waals surface area contributed by atoms with E-state index in [-0.39, 0.29) is 32.8 Å². The van der Waals surface area contributed by atoms with Crippen molar-refractivity contribution in [3.05, 3.63) is 53.6 Å². The van der Waals surface area contributed by atoms with Gasteiger partial charge < -0.3 is 9.94 Å². The average molecular weight is 473 g/mol. The minimum absolute atomic E-state index is 0.0547. The number of nitrogens with zero attached hydrogens (tertiary/aromatic N) is 1. The van der Waals surface area contributed by atoms with Crippen molar-refractivity contribution >= 4 is 44.1 Å². The van der Waals surface area contributed by atoms with E-state index in [1.807, 2.05) is 0 Å². The summed E-state index contributed by atoms with van der Waals surface area (Å²) in [5.41, 5.74) is -0.340. The summed E-state index contributed by atoms with van der Waals surface area (Å²) < 4.78 is 28.8. The largest absolute Gasteiger partial charge is 0.492 e. The fraction of sp³-hybridized carbons (Fsp3) is 0.261. The highest BCUT2D eigenvalue weighted by atomic mass is 32.2. The Morgan fingerprint density at radius 3 is 2.09 bits per heavy atom. The van der Waals surface area contributed by atoms with Crippen LogP contribution in [0.5, 0.6) is 5.88 Å². The van der Waals surface area contributed by atoms with Crippen LogP contribution in [-0.4, -0.2) is 35.8 Å². The Morgan fingerprint density at radius 1 is 0.970 bits per heavy atom. The molecule has 3 rings (SSSR count). The number of nitrogens with one attached hydrogen (secondary N) is 1. The maximum Gasteiger partial charge on any atom is 0.338 e. The molecule has 0 radical (unpaired) electrons. The second kappa shape index (κ2) is 8.36. The molecule has 0 aliphatic carbocycles. The number of sulfonamides is 1. The third-order valence-electron chi connectivity index (χ3n) is 4.86. The summed E-state index contributed by atoms with van der Waals surface area (Å²) in [4.78, 5) is 41.2. The molecule has 0 aliphatic heterocycles. The van der Waals surface area contributed by atoms with Crippen LogP contribution in [0.4, 0.5) is 5.69 Å². The Hall–Kier alpha value is -3.66. The van der Waals surface area contributed by atoms with E-state index in [1.54, 1.807) is 20.8 Å². The molecular formula is C23H24N2O7S. The van der Waals surface area contributed by atoms with Gasteiger partial charge in [0.2, 0.25) is 5.88 Å². The number of aromatic hydroxyl groups is 1. The number of fused-ring (bicyclic) bond motifs is 1. The fourth-order valence-electron chi connectivity index (χ4n) is 3.05. The number of rotatable bonds is 6. The van der Waals surface area contributed by atoms with Crippen LogP contribution in [0.15, 0.2) is 47.4 Å². The number of anilines is 1. The molecular weight excluding hydrogens is 448 g/mol. The summed E-state index contributed by atoms with van der Waals surface area (Å²) in [5.74, 6) is -1.87. The van der Waals surface area contributed by atoms with Crippen molar-refractivity contribution in [1.29, 1.82) is 0 Å². The van der Waals surface area contributed by atoms with Crippen molar-refractivity contribution < 1.29 is 32.7 Å². The van der Waals surface area contributed by atoms with E-state index < -0.39 is 33.1 Å². The van der Waals surface area contributed by atoms with Gasteiger partial charge in [0, 0.05) is 10.9 Å². The smallest absolute Gasteiger partial charge is 0.338 e. The van der Waals surface area contributed by atoms with Crippen LogP contribution in [-0.2, 0) is 14.8 Å². The van der Waals surface area contributed by atoms with E-state index in [1.165, 1.54) is 56.3 Å². The van der Waals surface area contributed by atoms with Gasteiger partial charge in [0.05, 0.1) is 27.1 Å². The first-order chi connectivity index (χ1) is 15.2. The SMILES string of the molecule is CC(=O)c1ccc(S(=O)(=O)Nc2ccc3c(C(C)=O)c(O)n(OC(=O)C(C)(C)C)c3c2)cc1. The van der Waals surface area contributed by atoms with Gasteiger partial charge in [-0.15, -0.1) is 4.73 Å². The first-order valence-corrected chi connectivity index (χ1v) is 11.5. The summed E-state index contributed by atoms with van der Waals surface area (Å²) in [5, 5.41) is 10.9. The number of benzene rings is 2. The highest BCUT2D eigenvalue weighted by Crippen LogP contribution is 2.34. The molecule has 174 valence electrons. The standard InChI is InChI=1S/C23H24N2O7S/c1-13(26)15-6-9-17(10-7-15)33(30,31)24-16-8-11-18-19(12-16)25(21(28)20(18)14(2)27)32-22(29)23(3,4)5/h6-12,24,28H,1-5H3. The molecule has 0 bridgehead atoms. The van der Waals surface area contributed by atoms with Crippen molar-refractivity contribution in [1.82, 2.24) is 4.73 Å². The van der Waals surface area contributed by atoms with Crippen LogP contribution in [0.2, 0.25) is 0 Å². The fourth-order valence-corrected chi connectivity index (χ4v) is 4.10. The third-order valence-corrected chi connectivity index (χ3v) is 6.26. The van der Waals surface area contributed by atoms with Crippen LogP contribution < -0.4 is 9.56 Å². The van der Waals surface area contributed by atoms with Gasteiger partial charge in [0.15, 0.2) is 11.6 Å². The lowest BCUT2D eigenvalue weighted by Gasteiger charge is -2.17. The number of ketones is 2. The van der Waals surface area contributed by atoms with Gasteiger partial charge in [0.25, 0.3) is 10.0 Å². The predicted molar refractivity (Wildman–Crippen MR) is 122 cm³/mol. The molecule has 0 fully saturated rings. The summed E-state index contributed by atoms with van der Waals surface area (Å²) in [6.45, 7) is 7.51. The third kappa shape index (κ3) is 4.75. The van der Waals surface area contributed by atoms with Crippen LogP contribution in [0.25, 0.3) is 10.9 Å². The number of hydrogen-bond donors (Lipinski definition) is 2. The molecule has 3 aromatic rings. The zero-order chi connectivity index (χ0) is 24.7. The monoisotopic (exact) mass is 472 g/mol. The molecule has 0 saturated carbocycles. The first-order valence-electron chi connectivity index (χ1n) is 9.97. The van der Waals surface area contributed by atoms with Gasteiger partial charge in [-0.3, -0.25) is 14.3 Å². The maximum absolute atomic E-state index is 12.8. The van der Waals surface area contributed by atoms with E-state index >= 15 is 0 Å². The van der Waals surface area contributed by atoms with Crippen molar-refractivity contribution in [2.75, 3.05) is 4.72 Å². The molecule has 33 heavy (non-hydrogen) atoms. The molecule has 2 N–H and O–H groups in total. The Bertz CT molecular complexity index is 1380. The summed E-state index contributed by atoms with van der Waals surface area (Å²) in [6.07, 6.45) is 0. The Labute approximate surface area is 191 Å². The lowest BCUT2D eigenvalue weighted by molar-refractivity contribution is -0.153. The number of carbonyl (C=O) groups is 3. The minimum Gasteiger partial charge on any atom is -0.492 e. The number of carbonyl (C=O) groups excluding carboxylic acids is 3. The van der Waals surface area contributed by atoms with Crippen molar-refractivity contribution in [3.8, 4) is 5.88 Å². The highest BCUT2D eigenvalue weighted by Gasteiger charge is 2.29. The van der Waals surface area contributed by atoms with Gasteiger partial charge in [-0.05, 0) is 65.0 Å². The van der Waals surface area contributed by atoms with E-state index in [0.717, 1.165) is 4.73 Å². The molecule has 2 aromatic carbocycles. The summed E-state index contributed by atoms with van der Waals surface area (Å²) >= 11 is 0. The number of hydrogen-bond acceptors (Lipinski definition) is 7. The molecule has 0 amide bonds. The van der Waals surface area contributed by atoms with Crippen molar-refractivity contribution in [3.63, 3.8) is 0 Å². The maximum atomic E-state index is 12.8. The van der Waals surface area contributed by atoms with Gasteiger partial charge >= 0.3 is 5.97 Å². The second-order valence-corrected chi connectivity index (χ2v) is 10.3. The van der Waals surface area contributed by atoms with Crippen molar-refractivity contribution in [2.24, 2.45) is 5.41 Å². The zero-order valence-electron chi connectivity index (χ0n) is 18.8. The van der Waals surface area contributed by atoms with E-state index in [2.05, 4.69) is 4.72 Å². The first kappa shape index (κ1) is 24.0. The van der Waals surface area contributed by atoms with Crippen LogP contribution in [0.3, 0.4) is 0 Å². The lowest BCUT2D eigenvalue weighted by atomic mass is 9.98. The molecule has 10 heteroatoms. The molecule has 1 aromatic heterocycles. The molecule has 9 nitrogen and oxygen atoms in total. The quantitative estimate of drug-likeness (QED) is 0.524. The van der Waals surface area contributed by atoms with Crippen LogP contribution >= 0.6 is 0 Å². The second-order valence-electron chi connectivity index (χ2n) is 8.60. The Morgan fingerprint density at radius 2 is 1.58 bits per heavy atom. The molecule has 0 saturated heterocycles. The van der Waals surface area contributed by atoms with Crippen LogP contribution in [0, 0.1) is 5.41 Å². The van der Waals surface area contributed by atoms with Gasteiger partial charge in [0.1, 0.15) is 0 Å². The summed E-state index contributed by atoms with van der Waals surface area (Å²) in [6, 6.07) is 9.66. The molecule has 0 unspecified atom stereocenters. The van der Waals surface area contributed by atoms with E-state index in [9.17, 15) is 27.9 Å². The lowest BCUT2D eigenvalue weighted by Crippen LogP contribution is -2.31. The van der Waals surface area contributed by atoms with Gasteiger partial charge in [-0.2, -0.15) is 0 Å². The van der Waals surface area contributed by atoms with E-state index in [4.69, 9.17) is 4.84 Å². The minimum atomic E-state index is -4.01. The normalized spacial score (nSPS) is 11.9. The van der Waals surface area contributed by atoms with E-state index in [0.29, 0.717) is 5.56 Å². The predicted octanol–water partition coefficient (Wildman–Crippen LogP) is 3.55. The van der Waals surface area contributed by atoms with Crippen molar-refractivity contribution in [2.45, 2.75) is 39.5 Å². The number of aromatic nitrogens is 1. The molecule has 0 aliphatic rings. The molecule has 1 heterocycles. The topological polar surface area (TPSA) is 132 Å². The molecule has 0 atom stereocenters. The van der Waals surface area contributed by atoms with Gasteiger partial charge in [-0.1, -0.05) is 12.1 Å². The van der Waals surface area contributed by atoms with Gasteiger partial charge in [-0.25, -0.2) is 13.2 Å². The Kier molecular flexibility index (Phi) is 6.08. The zero-order valence-corrected chi connectivity index (χ0v) is 19.6. The highest BCUT2D eigenvalue weighted by molar-refractivity contribution is 7.92. The Balaban J connectivity index is 2.06. The average Bonchev–Trinajstić information content (AvgIpc) is 2.98. The number of Topliss-reactive ketones (excluding diaryl/α,β-unsaturated/α-hetero) is 2. The molecule has 0 spiro atoms. The van der Waals surface area contributed by atoms with Crippen LogP contribution in [0.1, 0.15) is 55.3 Å². The summed E-state index contributed by atoms with van der Waals surface area (Å²) in [7, 11) is -4.01.